The number of pyridine rings is 1. The summed E-state index contributed by atoms with van der Waals surface area (Å²) in [6.07, 6.45) is 6.74. The van der Waals surface area contributed by atoms with Crippen LogP contribution >= 0.6 is 0 Å². The van der Waals surface area contributed by atoms with E-state index in [1.807, 2.05) is 26.0 Å². The van der Waals surface area contributed by atoms with E-state index in [2.05, 4.69) is 21.0 Å². The number of benzene rings is 2. The third kappa shape index (κ3) is 6.74. The van der Waals surface area contributed by atoms with Gasteiger partial charge in [0.25, 0.3) is 0 Å². The molecule has 6 heterocycles. The number of nitrogens with one attached hydrogen (secondary N) is 1. The van der Waals surface area contributed by atoms with Gasteiger partial charge < -0.3 is 20.1 Å². The molecular weight excluding hydrogens is 643 g/mol. The molecule has 1 unspecified atom stereocenters. The molecular formula is C36H39F5N6O2. The zero-order chi connectivity index (χ0) is 34.9. The van der Waals surface area contributed by atoms with E-state index >= 15 is 4.39 Å². The Morgan fingerprint density at radius 3 is 2.49 bits per heavy atom. The van der Waals surface area contributed by atoms with Crippen LogP contribution in [0.5, 0.6) is 6.01 Å². The van der Waals surface area contributed by atoms with Gasteiger partial charge in [0, 0.05) is 36.6 Å². The molecule has 1 atom stereocenters. The summed E-state index contributed by atoms with van der Waals surface area (Å²) in [5, 5.41) is 11.8. The number of aliphatic hydroxyl groups is 1. The summed E-state index contributed by atoms with van der Waals surface area (Å²) in [7, 11) is 0. The zero-order valence-electron chi connectivity index (χ0n) is 27.5. The van der Waals surface area contributed by atoms with Crippen LogP contribution in [0, 0.1) is 24.0 Å². The number of nitrogens with zero attached hydrogens (tertiary/aromatic N) is 5. The van der Waals surface area contributed by atoms with Crippen molar-refractivity contribution in [1.82, 2.24) is 25.2 Å². The van der Waals surface area contributed by atoms with Crippen molar-refractivity contribution < 1.29 is 31.8 Å². The maximum Gasteiger partial charge on any atom is 0.519 e. The summed E-state index contributed by atoms with van der Waals surface area (Å²) in [6.45, 7) is 9.06. The maximum atomic E-state index is 16.8. The molecule has 3 saturated heterocycles. The Hall–Kier alpha value is -4.12. The number of piperazine rings is 1. The molecule has 0 aliphatic carbocycles. The molecule has 3 fully saturated rings. The average Bonchev–Trinajstić information content (AvgIpc) is 3.63. The number of hydrogen-bond donors (Lipinski definition) is 2. The summed E-state index contributed by atoms with van der Waals surface area (Å²) in [5.41, 5.74) is 1.61. The van der Waals surface area contributed by atoms with Gasteiger partial charge in [-0.05, 0) is 63.1 Å². The van der Waals surface area contributed by atoms with Gasteiger partial charge in [0.15, 0.2) is 5.82 Å². The number of alkyl halides is 3. The number of terminal acetylenes is 1. The lowest BCUT2D eigenvalue weighted by Gasteiger charge is -2.36. The molecule has 0 radical (unpaired) electrons. The van der Waals surface area contributed by atoms with Gasteiger partial charge in [-0.2, -0.15) is 9.97 Å². The van der Waals surface area contributed by atoms with Crippen LogP contribution in [0.3, 0.4) is 0 Å². The second kappa shape index (κ2) is 14.0. The van der Waals surface area contributed by atoms with Crippen molar-refractivity contribution in [2.75, 3.05) is 44.2 Å². The van der Waals surface area contributed by atoms with Crippen molar-refractivity contribution in [3.63, 3.8) is 0 Å². The predicted molar refractivity (Wildman–Crippen MR) is 178 cm³/mol. The molecule has 2 aromatic carbocycles. The second-order valence-electron chi connectivity index (χ2n) is 12.5. The summed E-state index contributed by atoms with van der Waals surface area (Å²) in [6, 6.07) is 8.82. The first-order valence-corrected chi connectivity index (χ1v) is 16.8. The average molecular weight is 683 g/mol. The Bertz CT molecular complexity index is 1880. The lowest BCUT2D eigenvalue weighted by molar-refractivity contribution is -0.295. The van der Waals surface area contributed by atoms with Gasteiger partial charge in [-0.25, -0.2) is 13.8 Å². The van der Waals surface area contributed by atoms with Crippen molar-refractivity contribution in [3.05, 3.63) is 53.2 Å². The van der Waals surface area contributed by atoms with E-state index < -0.39 is 18.0 Å². The van der Waals surface area contributed by atoms with Crippen LogP contribution in [0.15, 0.2) is 30.3 Å². The molecule has 4 aliphatic heterocycles. The van der Waals surface area contributed by atoms with Crippen molar-refractivity contribution in [1.29, 1.82) is 0 Å². The Balaban J connectivity index is 0.000000549. The van der Waals surface area contributed by atoms with E-state index in [0.717, 1.165) is 75.9 Å². The number of aromatic nitrogens is 3. The van der Waals surface area contributed by atoms with Gasteiger partial charge in [0.2, 0.25) is 0 Å². The second-order valence-corrected chi connectivity index (χ2v) is 12.5. The van der Waals surface area contributed by atoms with Gasteiger partial charge >= 0.3 is 12.4 Å². The van der Waals surface area contributed by atoms with Gasteiger partial charge in [-0.1, -0.05) is 44.0 Å². The number of ether oxygens (including phenoxy) is 1. The number of rotatable bonds is 4. The minimum absolute atomic E-state index is 0.00970. The SMILES string of the molecule is C#Cc1c(F)ccc2cccc(-c3nc4c5c(nc(OCC67CCCN6CCC7)nc5c3F)N3CCNCC3CC4)c12.CC.OC(F)(F)F. The minimum Gasteiger partial charge on any atom is -0.461 e. The molecule has 260 valence electrons. The normalized spacial score (nSPS) is 19.6. The van der Waals surface area contributed by atoms with Crippen LogP contribution < -0.4 is 15.0 Å². The first kappa shape index (κ1) is 34.7. The van der Waals surface area contributed by atoms with Crippen LogP contribution in [0.1, 0.15) is 57.2 Å². The molecule has 8 nitrogen and oxygen atoms in total. The fraction of sp³-hybridized carbons (Fsp3) is 0.472. The fourth-order valence-corrected chi connectivity index (χ4v) is 7.79. The first-order valence-electron chi connectivity index (χ1n) is 16.8. The molecule has 8 rings (SSSR count). The Labute approximate surface area is 281 Å². The highest BCUT2D eigenvalue weighted by Crippen LogP contribution is 2.42. The van der Waals surface area contributed by atoms with Gasteiger partial charge in [0.1, 0.15) is 29.5 Å². The van der Waals surface area contributed by atoms with Crippen LogP contribution in [0.2, 0.25) is 0 Å². The third-order valence-electron chi connectivity index (χ3n) is 9.83. The minimum atomic E-state index is -5.00. The van der Waals surface area contributed by atoms with Crippen LogP contribution in [-0.2, 0) is 6.42 Å². The number of aryl methyl sites for hydroxylation is 1. The van der Waals surface area contributed by atoms with Crippen molar-refractivity contribution in [2.45, 2.75) is 70.3 Å². The third-order valence-corrected chi connectivity index (χ3v) is 9.83. The predicted octanol–water partition coefficient (Wildman–Crippen LogP) is 6.36. The molecule has 0 bridgehead atoms. The Morgan fingerprint density at radius 1 is 1.04 bits per heavy atom. The molecule has 2 aromatic heterocycles. The highest BCUT2D eigenvalue weighted by atomic mass is 19.4. The number of hydrogen-bond acceptors (Lipinski definition) is 8. The van der Waals surface area contributed by atoms with E-state index in [0.29, 0.717) is 35.2 Å². The summed E-state index contributed by atoms with van der Waals surface area (Å²) < 4.78 is 67.8. The van der Waals surface area contributed by atoms with E-state index in [1.165, 1.54) is 6.07 Å². The largest absolute Gasteiger partial charge is 0.519 e. The molecule has 2 N–H and O–H groups in total. The highest BCUT2D eigenvalue weighted by Gasteiger charge is 2.45. The molecule has 0 saturated carbocycles. The quantitative estimate of drug-likeness (QED) is 0.190. The molecule has 4 aliphatic rings. The van der Waals surface area contributed by atoms with E-state index in [4.69, 9.17) is 31.2 Å². The standard InChI is InChI=1S/C33H32F2N6O.C2H6.CHF3O/c1-2-22-24(34)10-8-20-6-3-7-23(26(20)22)29-28(35)30-27-25(37-29)11-9-21-18-36-14-17-41(21)31(27)39-32(38-30)42-19-33-12-4-15-40(33)16-5-13-33;1-2;2-1(3,4)5/h1,3,6-8,10,21,36H,4-5,9,11-19H2;1-2H3;5H. The van der Waals surface area contributed by atoms with Crippen molar-refractivity contribution in [2.24, 2.45) is 0 Å². The summed E-state index contributed by atoms with van der Waals surface area (Å²) in [5.74, 6) is 2.08. The van der Waals surface area contributed by atoms with Gasteiger partial charge in [0.05, 0.1) is 22.2 Å². The fourth-order valence-electron chi connectivity index (χ4n) is 7.79. The van der Waals surface area contributed by atoms with Crippen molar-refractivity contribution >= 4 is 27.5 Å². The van der Waals surface area contributed by atoms with E-state index in [-0.39, 0.29) is 34.4 Å². The molecule has 13 heteroatoms. The summed E-state index contributed by atoms with van der Waals surface area (Å²) in [4.78, 5) is 19.4. The monoisotopic (exact) mass is 682 g/mol. The maximum absolute atomic E-state index is 16.8. The smallest absolute Gasteiger partial charge is 0.461 e. The van der Waals surface area contributed by atoms with Gasteiger partial charge in [-0.15, -0.1) is 19.6 Å². The molecule has 4 aromatic rings. The number of halogens is 5. The lowest BCUT2D eigenvalue weighted by Crippen LogP contribution is -2.51. The van der Waals surface area contributed by atoms with Crippen LogP contribution in [0.25, 0.3) is 32.9 Å². The lowest BCUT2D eigenvalue weighted by atomic mass is 9.95. The van der Waals surface area contributed by atoms with Crippen LogP contribution in [0.4, 0.5) is 27.8 Å². The topological polar surface area (TPSA) is 86.6 Å². The first-order chi connectivity index (χ1) is 23.6. The van der Waals surface area contributed by atoms with E-state index in [1.54, 1.807) is 12.1 Å². The Morgan fingerprint density at radius 2 is 1.78 bits per heavy atom. The molecule has 0 amide bonds. The number of fused-ring (bicyclic) bond motifs is 4. The number of anilines is 1. The highest BCUT2D eigenvalue weighted by molar-refractivity contribution is 6.02. The zero-order valence-corrected chi connectivity index (χ0v) is 27.5. The van der Waals surface area contributed by atoms with E-state index in [9.17, 15) is 17.6 Å². The summed E-state index contributed by atoms with van der Waals surface area (Å²) >= 11 is 0. The van der Waals surface area contributed by atoms with Crippen LogP contribution in [-0.4, -0.2) is 82.2 Å². The Kier molecular flexibility index (Phi) is 9.93. The van der Waals surface area contributed by atoms with Gasteiger partial charge in [-0.3, -0.25) is 4.90 Å². The van der Waals surface area contributed by atoms with Crippen molar-refractivity contribution in [3.8, 4) is 29.6 Å². The molecule has 0 spiro atoms. The molecule has 49 heavy (non-hydrogen) atoms.